The number of alkyl halides is 2. The highest BCUT2D eigenvalue weighted by Crippen LogP contribution is 2.39. The van der Waals surface area contributed by atoms with Crippen LogP contribution in [0.25, 0.3) is 11.0 Å². The van der Waals surface area contributed by atoms with Crippen LogP contribution < -0.4 is 15.9 Å². The van der Waals surface area contributed by atoms with Crippen molar-refractivity contribution in [1.29, 1.82) is 0 Å². The first-order valence-corrected chi connectivity index (χ1v) is 12.1. The first-order valence-electron chi connectivity index (χ1n) is 11.7. The van der Waals surface area contributed by atoms with Gasteiger partial charge in [0.15, 0.2) is 0 Å². The summed E-state index contributed by atoms with van der Waals surface area (Å²) in [5.74, 6) is -3.72. The zero-order valence-electron chi connectivity index (χ0n) is 20.6. The van der Waals surface area contributed by atoms with Crippen molar-refractivity contribution in [3.05, 3.63) is 46.0 Å². The van der Waals surface area contributed by atoms with Crippen molar-refractivity contribution < 1.29 is 13.9 Å². The number of benzene rings is 1. The van der Waals surface area contributed by atoms with E-state index in [1.54, 1.807) is 49.9 Å². The molecule has 0 saturated carbocycles. The molecule has 4 rings (SSSR count). The Morgan fingerprint density at radius 2 is 1.86 bits per heavy atom. The fraction of sp³-hybridized carbons (Fsp3) is 0.520. The third-order valence-corrected chi connectivity index (χ3v) is 7.14. The second-order valence-electron chi connectivity index (χ2n) is 10.3. The Labute approximate surface area is 208 Å². The van der Waals surface area contributed by atoms with Gasteiger partial charge in [0, 0.05) is 50.3 Å². The number of aromatic nitrogens is 3. The largest absolute Gasteiger partial charge is 0.390 e. The fourth-order valence-electron chi connectivity index (χ4n) is 4.59. The molecule has 0 aliphatic carbocycles. The summed E-state index contributed by atoms with van der Waals surface area (Å²) < 4.78 is 31.8. The van der Waals surface area contributed by atoms with Gasteiger partial charge in [0.05, 0.1) is 33.5 Å². The van der Waals surface area contributed by atoms with Gasteiger partial charge in [-0.3, -0.25) is 9.13 Å². The smallest absolute Gasteiger partial charge is 0.328 e. The molecule has 0 radical (unpaired) electrons. The summed E-state index contributed by atoms with van der Waals surface area (Å²) in [6.45, 7) is 7.33. The number of anilines is 3. The Bertz CT molecular complexity index is 1280. The molecule has 1 saturated heterocycles. The average Bonchev–Trinajstić information content (AvgIpc) is 3.01. The molecule has 1 aliphatic heterocycles. The molecular weight excluding hydrogens is 476 g/mol. The predicted octanol–water partition coefficient (Wildman–Crippen LogP) is 5.02. The summed E-state index contributed by atoms with van der Waals surface area (Å²) in [7, 11) is 1.72. The Morgan fingerprint density at radius 3 is 2.49 bits per heavy atom. The SMILES string of the molecule is C[C@@H]1CN(c2cc(Nc3ccc4c(c3)n(CCC(C)(C)O)c(=O)n4C)c(Cl)cn2)C[C@H](C)C1(F)F. The van der Waals surface area contributed by atoms with Gasteiger partial charge in [-0.25, -0.2) is 18.6 Å². The van der Waals surface area contributed by atoms with Crippen LogP contribution in [0.4, 0.5) is 26.0 Å². The van der Waals surface area contributed by atoms with Crippen molar-refractivity contribution in [2.45, 2.75) is 52.2 Å². The van der Waals surface area contributed by atoms with E-state index in [9.17, 15) is 18.7 Å². The molecule has 1 aromatic carbocycles. The van der Waals surface area contributed by atoms with E-state index in [2.05, 4.69) is 10.3 Å². The highest BCUT2D eigenvalue weighted by atomic mass is 35.5. The van der Waals surface area contributed by atoms with Crippen LogP contribution in [0.3, 0.4) is 0 Å². The summed E-state index contributed by atoms with van der Waals surface area (Å²) >= 11 is 6.42. The second kappa shape index (κ2) is 9.09. The Hall–Kier alpha value is -2.65. The van der Waals surface area contributed by atoms with Crippen LogP contribution in [0.5, 0.6) is 0 Å². The quantitative estimate of drug-likeness (QED) is 0.490. The average molecular weight is 508 g/mol. The number of halogens is 3. The lowest BCUT2D eigenvalue weighted by molar-refractivity contribution is -0.105. The normalized spacial score (nSPS) is 20.4. The van der Waals surface area contributed by atoms with Crippen molar-refractivity contribution in [2.75, 3.05) is 23.3 Å². The van der Waals surface area contributed by atoms with Gasteiger partial charge >= 0.3 is 5.69 Å². The second-order valence-corrected chi connectivity index (χ2v) is 10.7. The molecule has 10 heteroatoms. The summed E-state index contributed by atoms with van der Waals surface area (Å²) in [6.07, 6.45) is 1.94. The maximum absolute atomic E-state index is 14.3. The van der Waals surface area contributed by atoms with Crippen LogP contribution in [0.1, 0.15) is 34.1 Å². The van der Waals surface area contributed by atoms with Crippen molar-refractivity contribution in [1.82, 2.24) is 14.1 Å². The number of fused-ring (bicyclic) bond motifs is 1. The van der Waals surface area contributed by atoms with E-state index in [1.807, 2.05) is 23.1 Å². The lowest BCUT2D eigenvalue weighted by Gasteiger charge is -2.41. The van der Waals surface area contributed by atoms with Gasteiger partial charge in [-0.2, -0.15) is 0 Å². The summed E-state index contributed by atoms with van der Waals surface area (Å²) in [6, 6.07) is 7.33. The number of aliphatic hydroxyl groups is 1. The minimum Gasteiger partial charge on any atom is -0.390 e. The predicted molar refractivity (Wildman–Crippen MR) is 136 cm³/mol. The van der Waals surface area contributed by atoms with Crippen LogP contribution in [0, 0.1) is 11.8 Å². The van der Waals surface area contributed by atoms with E-state index < -0.39 is 23.4 Å². The first kappa shape index (κ1) is 25.4. The molecule has 2 atom stereocenters. The van der Waals surface area contributed by atoms with E-state index >= 15 is 0 Å². The van der Waals surface area contributed by atoms with Crippen LogP contribution in [-0.2, 0) is 13.6 Å². The standard InChI is InChI=1S/C25H32ClF2N5O2/c1-15-13-32(14-16(2)25(15,27)28)22-11-19(18(26)12-29-22)30-17-6-7-20-21(10-17)33(23(34)31(20)5)9-8-24(3,4)35/h6-7,10-12,15-16,35H,8-9,13-14H2,1-5H3,(H,29,30)/t15-,16+. The lowest BCUT2D eigenvalue weighted by atomic mass is 9.87. The fourth-order valence-corrected chi connectivity index (χ4v) is 4.74. The molecule has 190 valence electrons. The third kappa shape index (κ3) is 5.02. The Kier molecular flexibility index (Phi) is 6.61. The molecule has 7 nitrogen and oxygen atoms in total. The maximum Gasteiger partial charge on any atom is 0.328 e. The topological polar surface area (TPSA) is 75.3 Å². The number of hydrogen-bond acceptors (Lipinski definition) is 5. The van der Waals surface area contributed by atoms with Crippen LogP contribution in [0.15, 0.2) is 35.3 Å². The zero-order chi connectivity index (χ0) is 25.7. The molecule has 3 heterocycles. The molecule has 2 N–H and O–H groups in total. The van der Waals surface area contributed by atoms with Gasteiger partial charge in [0.2, 0.25) is 0 Å². The molecule has 0 bridgehead atoms. The molecule has 1 aliphatic rings. The zero-order valence-corrected chi connectivity index (χ0v) is 21.4. The van der Waals surface area contributed by atoms with Gasteiger partial charge in [-0.05, 0) is 38.5 Å². The minimum atomic E-state index is -2.71. The number of pyridine rings is 1. The van der Waals surface area contributed by atoms with Crippen LogP contribution >= 0.6 is 11.6 Å². The lowest BCUT2D eigenvalue weighted by Crippen LogP contribution is -2.51. The van der Waals surface area contributed by atoms with Gasteiger partial charge < -0.3 is 15.3 Å². The number of hydrogen-bond donors (Lipinski definition) is 2. The number of nitrogens with zero attached hydrogens (tertiary/aromatic N) is 4. The molecule has 0 unspecified atom stereocenters. The molecule has 0 spiro atoms. The summed E-state index contributed by atoms with van der Waals surface area (Å²) in [5, 5.41) is 13.8. The highest BCUT2D eigenvalue weighted by molar-refractivity contribution is 6.33. The van der Waals surface area contributed by atoms with E-state index in [0.717, 1.165) is 11.0 Å². The van der Waals surface area contributed by atoms with Crippen molar-refractivity contribution in [3.8, 4) is 0 Å². The Balaban J connectivity index is 1.63. The summed E-state index contributed by atoms with van der Waals surface area (Å²) in [5.41, 5.74) is 1.76. The van der Waals surface area contributed by atoms with E-state index in [0.29, 0.717) is 35.2 Å². The molecule has 2 aromatic heterocycles. The molecular formula is C25H32ClF2N5O2. The number of piperidine rings is 1. The van der Waals surface area contributed by atoms with Crippen molar-refractivity contribution >= 4 is 39.8 Å². The third-order valence-electron chi connectivity index (χ3n) is 6.84. The first-order chi connectivity index (χ1) is 16.3. The Morgan fingerprint density at radius 1 is 1.20 bits per heavy atom. The van der Waals surface area contributed by atoms with Gasteiger partial charge in [-0.1, -0.05) is 25.4 Å². The number of aryl methyl sites for hydroxylation is 2. The summed E-state index contributed by atoms with van der Waals surface area (Å²) in [4.78, 5) is 19.0. The minimum absolute atomic E-state index is 0.157. The van der Waals surface area contributed by atoms with E-state index in [4.69, 9.17) is 11.6 Å². The molecule has 1 fully saturated rings. The van der Waals surface area contributed by atoms with Crippen LogP contribution in [0.2, 0.25) is 5.02 Å². The highest BCUT2D eigenvalue weighted by Gasteiger charge is 2.47. The van der Waals surface area contributed by atoms with E-state index in [-0.39, 0.29) is 18.8 Å². The number of imidazole rings is 1. The number of rotatable bonds is 6. The molecule has 0 amide bonds. The number of nitrogens with one attached hydrogen (secondary N) is 1. The van der Waals surface area contributed by atoms with Gasteiger partial charge in [0.25, 0.3) is 5.92 Å². The monoisotopic (exact) mass is 507 g/mol. The van der Waals surface area contributed by atoms with Gasteiger partial charge in [-0.15, -0.1) is 0 Å². The van der Waals surface area contributed by atoms with Crippen LogP contribution in [-0.4, -0.2) is 43.8 Å². The van der Waals surface area contributed by atoms with Crippen molar-refractivity contribution in [3.63, 3.8) is 0 Å². The molecule has 3 aromatic rings. The maximum atomic E-state index is 14.3. The van der Waals surface area contributed by atoms with E-state index in [1.165, 1.54) is 6.20 Å². The van der Waals surface area contributed by atoms with Crippen molar-refractivity contribution in [2.24, 2.45) is 18.9 Å². The molecule has 35 heavy (non-hydrogen) atoms. The van der Waals surface area contributed by atoms with Gasteiger partial charge in [0.1, 0.15) is 5.82 Å².